The van der Waals surface area contributed by atoms with Crippen molar-refractivity contribution in [3.8, 4) is 11.5 Å². The highest BCUT2D eigenvalue weighted by atomic mass is 35.5. The van der Waals surface area contributed by atoms with E-state index in [-0.39, 0.29) is 24.4 Å². The summed E-state index contributed by atoms with van der Waals surface area (Å²) >= 11 is 0. The third-order valence-electron chi connectivity index (χ3n) is 5.14. The van der Waals surface area contributed by atoms with Gasteiger partial charge in [0.25, 0.3) is 5.91 Å². The molecule has 0 spiro atoms. The van der Waals surface area contributed by atoms with Crippen molar-refractivity contribution in [1.29, 1.82) is 0 Å². The van der Waals surface area contributed by atoms with Gasteiger partial charge in [-0.3, -0.25) is 4.79 Å². The minimum absolute atomic E-state index is 0. The molecule has 2 aromatic carbocycles. The van der Waals surface area contributed by atoms with Crippen LogP contribution in [0.2, 0.25) is 0 Å². The lowest BCUT2D eigenvalue weighted by Crippen LogP contribution is -2.42. The summed E-state index contributed by atoms with van der Waals surface area (Å²) in [6.45, 7) is 3.04. The van der Waals surface area contributed by atoms with Gasteiger partial charge in [-0.05, 0) is 43.2 Å². The van der Waals surface area contributed by atoms with E-state index in [2.05, 4.69) is 4.90 Å². The van der Waals surface area contributed by atoms with E-state index in [4.69, 9.17) is 9.47 Å². The number of rotatable bonds is 7. The Kier molecular flexibility index (Phi) is 8.87. The lowest BCUT2D eigenvalue weighted by atomic mass is 10.1. The molecule has 1 saturated heterocycles. The first-order valence-corrected chi connectivity index (χ1v) is 9.70. The summed E-state index contributed by atoms with van der Waals surface area (Å²) in [6.07, 6.45) is 1.58. The molecule has 0 saturated carbocycles. The number of methoxy groups -OCH3 is 1. The molecule has 5 nitrogen and oxygen atoms in total. The molecule has 0 N–H and O–H groups in total. The minimum Gasteiger partial charge on any atom is -0.497 e. The number of carbonyl (C=O) groups excluding carboxylic acids is 1. The van der Waals surface area contributed by atoms with Crippen LogP contribution >= 0.6 is 12.4 Å². The number of piperidine rings is 1. The largest absolute Gasteiger partial charge is 0.497 e. The second kappa shape index (κ2) is 11.1. The molecule has 2 aromatic rings. The van der Waals surface area contributed by atoms with E-state index >= 15 is 0 Å². The SMILES string of the molecule is COc1cccc(C(=O)N(C)CCN2CCC(Oc3ccc(F)c(F)c3)CC2)c1.Cl. The summed E-state index contributed by atoms with van der Waals surface area (Å²) in [5.41, 5.74) is 0.602. The first-order valence-electron chi connectivity index (χ1n) is 9.70. The van der Waals surface area contributed by atoms with E-state index in [9.17, 15) is 13.6 Å². The molecule has 0 aliphatic carbocycles. The molecular weight excluding hydrogens is 414 g/mol. The van der Waals surface area contributed by atoms with Crippen molar-refractivity contribution in [2.75, 3.05) is 40.3 Å². The molecule has 1 aliphatic rings. The summed E-state index contributed by atoms with van der Waals surface area (Å²) in [5, 5.41) is 0. The van der Waals surface area contributed by atoms with Gasteiger partial charge in [0, 0.05) is 44.9 Å². The van der Waals surface area contributed by atoms with Crippen molar-refractivity contribution in [3.63, 3.8) is 0 Å². The van der Waals surface area contributed by atoms with Gasteiger partial charge in [0.2, 0.25) is 0 Å². The van der Waals surface area contributed by atoms with Crippen LogP contribution in [-0.4, -0.2) is 62.1 Å². The maximum absolute atomic E-state index is 13.3. The number of halogens is 3. The van der Waals surface area contributed by atoms with Crippen LogP contribution in [0.3, 0.4) is 0 Å². The van der Waals surface area contributed by atoms with Crippen molar-refractivity contribution in [2.24, 2.45) is 0 Å². The number of amides is 1. The predicted octanol–water partition coefficient (Wildman–Crippen LogP) is 4.01. The fraction of sp³-hybridized carbons (Fsp3) is 0.409. The predicted molar refractivity (Wildman–Crippen MR) is 114 cm³/mol. The molecule has 3 rings (SSSR count). The van der Waals surface area contributed by atoms with Gasteiger partial charge in [-0.1, -0.05) is 6.07 Å². The van der Waals surface area contributed by atoms with Gasteiger partial charge in [-0.25, -0.2) is 8.78 Å². The van der Waals surface area contributed by atoms with Crippen molar-refractivity contribution in [1.82, 2.24) is 9.80 Å². The highest BCUT2D eigenvalue weighted by molar-refractivity contribution is 5.94. The van der Waals surface area contributed by atoms with Gasteiger partial charge in [-0.15, -0.1) is 12.4 Å². The summed E-state index contributed by atoms with van der Waals surface area (Å²) in [6, 6.07) is 10.7. The van der Waals surface area contributed by atoms with Gasteiger partial charge < -0.3 is 19.3 Å². The van der Waals surface area contributed by atoms with Crippen molar-refractivity contribution < 1.29 is 23.0 Å². The zero-order valence-electron chi connectivity index (χ0n) is 17.1. The third kappa shape index (κ3) is 6.31. The van der Waals surface area contributed by atoms with E-state index < -0.39 is 11.6 Å². The van der Waals surface area contributed by atoms with E-state index in [1.165, 1.54) is 6.07 Å². The number of likely N-dealkylation sites (tertiary alicyclic amines) is 1. The quantitative estimate of drug-likeness (QED) is 0.652. The maximum Gasteiger partial charge on any atom is 0.253 e. The highest BCUT2D eigenvalue weighted by Gasteiger charge is 2.22. The lowest BCUT2D eigenvalue weighted by molar-refractivity contribution is 0.0725. The molecule has 1 aliphatic heterocycles. The molecule has 1 fully saturated rings. The Morgan fingerprint density at radius 3 is 2.50 bits per heavy atom. The fourth-order valence-electron chi connectivity index (χ4n) is 3.36. The Morgan fingerprint density at radius 1 is 1.10 bits per heavy atom. The average molecular weight is 441 g/mol. The topological polar surface area (TPSA) is 42.0 Å². The molecular formula is C22H27ClF2N2O3. The molecule has 1 amide bonds. The van der Waals surface area contributed by atoms with E-state index in [0.29, 0.717) is 23.6 Å². The standard InChI is InChI=1S/C22H26F2N2O3.ClH/c1-25(22(27)16-4-3-5-18(14-16)28-2)12-13-26-10-8-17(9-11-26)29-19-6-7-20(23)21(24)15-19;/h3-7,14-15,17H,8-13H2,1-2H3;1H. The number of hydrogen-bond donors (Lipinski definition) is 0. The number of carbonyl (C=O) groups is 1. The number of benzene rings is 2. The Balaban J connectivity index is 0.00000320. The second-order valence-corrected chi connectivity index (χ2v) is 7.19. The van der Waals surface area contributed by atoms with Gasteiger partial charge >= 0.3 is 0 Å². The van der Waals surface area contributed by atoms with Crippen LogP contribution in [-0.2, 0) is 0 Å². The van der Waals surface area contributed by atoms with E-state index in [1.54, 1.807) is 37.3 Å². The maximum atomic E-state index is 13.3. The van der Waals surface area contributed by atoms with Crippen LogP contribution in [0.5, 0.6) is 11.5 Å². The van der Waals surface area contributed by atoms with Crippen molar-refractivity contribution >= 4 is 18.3 Å². The highest BCUT2D eigenvalue weighted by Crippen LogP contribution is 2.21. The van der Waals surface area contributed by atoms with Crippen LogP contribution in [0.1, 0.15) is 23.2 Å². The van der Waals surface area contributed by atoms with Crippen LogP contribution in [0.25, 0.3) is 0 Å². The Hall–Kier alpha value is -2.38. The van der Waals surface area contributed by atoms with Gasteiger partial charge in [0.05, 0.1) is 7.11 Å². The lowest BCUT2D eigenvalue weighted by Gasteiger charge is -2.33. The molecule has 8 heteroatoms. The van der Waals surface area contributed by atoms with Gasteiger partial charge in [-0.2, -0.15) is 0 Å². The summed E-state index contributed by atoms with van der Waals surface area (Å²) in [5.74, 6) is -0.803. The Bertz CT molecular complexity index is 845. The van der Waals surface area contributed by atoms with Gasteiger partial charge in [0.1, 0.15) is 17.6 Å². The molecule has 30 heavy (non-hydrogen) atoms. The fourth-order valence-corrected chi connectivity index (χ4v) is 3.36. The van der Waals surface area contributed by atoms with Crippen LogP contribution in [0.15, 0.2) is 42.5 Å². The van der Waals surface area contributed by atoms with E-state index in [1.807, 2.05) is 6.07 Å². The molecule has 0 bridgehead atoms. The number of likely N-dealkylation sites (N-methyl/N-ethyl adjacent to an activating group) is 1. The number of hydrogen-bond acceptors (Lipinski definition) is 4. The smallest absolute Gasteiger partial charge is 0.253 e. The third-order valence-corrected chi connectivity index (χ3v) is 5.14. The summed E-state index contributed by atoms with van der Waals surface area (Å²) in [4.78, 5) is 16.6. The Morgan fingerprint density at radius 2 is 1.83 bits per heavy atom. The summed E-state index contributed by atoms with van der Waals surface area (Å²) in [7, 11) is 3.37. The monoisotopic (exact) mass is 440 g/mol. The zero-order chi connectivity index (χ0) is 20.8. The van der Waals surface area contributed by atoms with Crippen LogP contribution in [0, 0.1) is 11.6 Å². The molecule has 0 aromatic heterocycles. The Labute approximate surface area is 182 Å². The summed E-state index contributed by atoms with van der Waals surface area (Å²) < 4.78 is 37.3. The molecule has 0 radical (unpaired) electrons. The molecule has 1 heterocycles. The second-order valence-electron chi connectivity index (χ2n) is 7.19. The molecule has 164 valence electrons. The number of nitrogens with zero attached hydrogens (tertiary/aromatic N) is 2. The molecule has 0 unspecified atom stereocenters. The minimum atomic E-state index is -0.899. The average Bonchev–Trinajstić information content (AvgIpc) is 2.75. The van der Waals surface area contributed by atoms with E-state index in [0.717, 1.165) is 44.6 Å². The molecule has 0 atom stereocenters. The van der Waals surface area contributed by atoms with Crippen molar-refractivity contribution in [3.05, 3.63) is 59.7 Å². The van der Waals surface area contributed by atoms with Crippen LogP contribution < -0.4 is 9.47 Å². The normalized spacial score (nSPS) is 14.7. The number of ether oxygens (including phenoxy) is 2. The van der Waals surface area contributed by atoms with Gasteiger partial charge in [0.15, 0.2) is 11.6 Å². The first kappa shape index (κ1) is 23.9. The first-order chi connectivity index (χ1) is 14.0. The zero-order valence-corrected chi connectivity index (χ0v) is 18.0. The van der Waals surface area contributed by atoms with Crippen molar-refractivity contribution in [2.45, 2.75) is 18.9 Å². The van der Waals surface area contributed by atoms with Crippen LogP contribution in [0.4, 0.5) is 8.78 Å².